The first-order valence-electron chi connectivity index (χ1n) is 10.7. The number of hydrogen-bond acceptors (Lipinski definition) is 1. The third kappa shape index (κ3) is 4.76. The minimum absolute atomic E-state index is 0.0959. The van der Waals surface area contributed by atoms with Crippen LogP contribution in [0.2, 0.25) is 0 Å². The molecule has 1 aromatic rings. The van der Waals surface area contributed by atoms with Crippen LogP contribution in [0.4, 0.5) is 0 Å². The Morgan fingerprint density at radius 3 is 2.84 bits per heavy atom. The van der Waals surface area contributed by atoms with Crippen molar-refractivity contribution in [2.24, 2.45) is 11.7 Å². The highest BCUT2D eigenvalue weighted by Gasteiger charge is 2.35. The Bertz CT molecular complexity index is 588. The lowest BCUT2D eigenvalue weighted by molar-refractivity contribution is 0.409. The van der Waals surface area contributed by atoms with Crippen molar-refractivity contribution < 1.29 is 0 Å². The lowest BCUT2D eigenvalue weighted by Crippen LogP contribution is -2.35. The first-order valence-corrected chi connectivity index (χ1v) is 10.7. The van der Waals surface area contributed by atoms with Crippen LogP contribution in [0.25, 0.3) is 0 Å². The minimum atomic E-state index is 0.0959. The molecule has 0 aliphatic heterocycles. The van der Waals surface area contributed by atoms with Gasteiger partial charge in [-0.2, -0.15) is 0 Å². The number of benzene rings is 1. The highest BCUT2D eigenvalue weighted by molar-refractivity contribution is 5.36. The van der Waals surface area contributed by atoms with Gasteiger partial charge in [0.1, 0.15) is 0 Å². The highest BCUT2D eigenvalue weighted by Crippen LogP contribution is 2.42. The summed E-state index contributed by atoms with van der Waals surface area (Å²) in [6.45, 7) is 4.36. The molecule has 2 N–H and O–H groups in total. The lowest BCUT2D eigenvalue weighted by atomic mass is 9.79. The first-order chi connectivity index (χ1) is 12.1. The van der Waals surface area contributed by atoms with Crippen LogP contribution in [-0.2, 0) is 12.8 Å². The molecule has 0 heterocycles. The van der Waals surface area contributed by atoms with E-state index in [4.69, 9.17) is 5.73 Å². The molecule has 0 spiro atoms. The van der Waals surface area contributed by atoms with E-state index in [9.17, 15) is 0 Å². The molecule has 0 radical (unpaired) electrons. The molecular formula is C24H37N. The predicted octanol–water partition coefficient (Wildman–Crippen LogP) is 6.30. The summed E-state index contributed by atoms with van der Waals surface area (Å²) in [5, 5.41) is 0. The molecule has 0 bridgehead atoms. The van der Waals surface area contributed by atoms with E-state index in [1.807, 2.05) is 0 Å². The van der Waals surface area contributed by atoms with Gasteiger partial charge in [0, 0.05) is 5.54 Å². The molecule has 1 nitrogen and oxygen atoms in total. The van der Waals surface area contributed by atoms with Crippen LogP contribution in [0.15, 0.2) is 30.4 Å². The molecular weight excluding hydrogens is 302 g/mol. The van der Waals surface area contributed by atoms with Gasteiger partial charge in [-0.25, -0.2) is 0 Å². The van der Waals surface area contributed by atoms with Crippen LogP contribution in [0.3, 0.4) is 0 Å². The Morgan fingerprint density at radius 1 is 1.20 bits per heavy atom. The summed E-state index contributed by atoms with van der Waals surface area (Å²) in [6.07, 6.45) is 18.6. The van der Waals surface area contributed by atoms with Crippen molar-refractivity contribution in [3.05, 3.63) is 47.0 Å². The summed E-state index contributed by atoms with van der Waals surface area (Å²) < 4.78 is 0. The molecule has 1 aromatic carbocycles. The molecule has 1 fully saturated rings. The second-order valence-electron chi connectivity index (χ2n) is 8.65. The Kier molecular flexibility index (Phi) is 6.39. The molecule has 3 atom stereocenters. The summed E-state index contributed by atoms with van der Waals surface area (Å²) in [7, 11) is 0. The molecule has 0 unspecified atom stereocenters. The summed E-state index contributed by atoms with van der Waals surface area (Å²) in [5.41, 5.74) is 11.4. The monoisotopic (exact) mass is 339 g/mol. The predicted molar refractivity (Wildman–Crippen MR) is 109 cm³/mol. The third-order valence-electron chi connectivity index (χ3n) is 6.85. The molecule has 0 amide bonds. The zero-order chi connectivity index (χ0) is 17.7. The maximum Gasteiger partial charge on any atom is 0.0157 e. The van der Waals surface area contributed by atoms with E-state index >= 15 is 0 Å². The fourth-order valence-electron chi connectivity index (χ4n) is 4.97. The molecule has 138 valence electrons. The van der Waals surface area contributed by atoms with E-state index in [-0.39, 0.29) is 5.54 Å². The van der Waals surface area contributed by atoms with E-state index in [1.165, 1.54) is 64.2 Å². The van der Waals surface area contributed by atoms with Crippen molar-refractivity contribution in [3.8, 4) is 0 Å². The van der Waals surface area contributed by atoms with Crippen molar-refractivity contribution in [3.63, 3.8) is 0 Å². The molecule has 2 aliphatic rings. The van der Waals surface area contributed by atoms with E-state index in [0.29, 0.717) is 5.92 Å². The van der Waals surface area contributed by atoms with Gasteiger partial charge >= 0.3 is 0 Å². The number of aryl methyl sites for hydroxylation is 1. The fraction of sp³-hybridized carbons (Fsp3) is 0.667. The van der Waals surface area contributed by atoms with Gasteiger partial charge in [0.05, 0.1) is 0 Å². The van der Waals surface area contributed by atoms with Gasteiger partial charge in [-0.1, -0.05) is 50.1 Å². The molecule has 1 heteroatoms. The van der Waals surface area contributed by atoms with Gasteiger partial charge in [-0.05, 0) is 93.2 Å². The van der Waals surface area contributed by atoms with Gasteiger partial charge in [0.15, 0.2) is 0 Å². The molecule has 0 aromatic heterocycles. The first kappa shape index (κ1) is 18.7. The number of unbranched alkanes of at least 4 members (excludes halogenated alkanes) is 2. The summed E-state index contributed by atoms with van der Waals surface area (Å²) in [6, 6.07) is 7.39. The Balaban J connectivity index is 1.55. The Hall–Kier alpha value is -1.08. The van der Waals surface area contributed by atoms with Gasteiger partial charge in [-0.15, -0.1) is 0 Å². The van der Waals surface area contributed by atoms with E-state index in [2.05, 4.69) is 44.2 Å². The minimum Gasteiger partial charge on any atom is -0.325 e. The SMILES string of the molecule is C/C=C/CCCC[C@H]1CCc2cc([C@H]3CC[C@](N)(CC)C3)ccc2C1. The van der Waals surface area contributed by atoms with E-state index in [0.717, 1.165) is 12.3 Å². The summed E-state index contributed by atoms with van der Waals surface area (Å²) >= 11 is 0. The number of rotatable bonds is 7. The summed E-state index contributed by atoms with van der Waals surface area (Å²) in [4.78, 5) is 0. The van der Waals surface area contributed by atoms with Crippen molar-refractivity contribution in [2.45, 2.75) is 95.9 Å². The topological polar surface area (TPSA) is 26.0 Å². The van der Waals surface area contributed by atoms with Gasteiger partial charge < -0.3 is 5.73 Å². The van der Waals surface area contributed by atoms with Crippen LogP contribution in [0.5, 0.6) is 0 Å². The maximum atomic E-state index is 6.51. The zero-order valence-electron chi connectivity index (χ0n) is 16.4. The Morgan fingerprint density at radius 2 is 2.08 bits per heavy atom. The second kappa shape index (κ2) is 8.54. The number of nitrogens with two attached hydrogens (primary N) is 1. The molecule has 2 aliphatic carbocycles. The third-order valence-corrected chi connectivity index (χ3v) is 6.85. The van der Waals surface area contributed by atoms with Gasteiger partial charge in [-0.3, -0.25) is 0 Å². The van der Waals surface area contributed by atoms with Crippen LogP contribution in [0, 0.1) is 5.92 Å². The van der Waals surface area contributed by atoms with E-state index < -0.39 is 0 Å². The van der Waals surface area contributed by atoms with Crippen LogP contribution in [-0.4, -0.2) is 5.54 Å². The van der Waals surface area contributed by atoms with E-state index in [1.54, 1.807) is 16.7 Å². The highest BCUT2D eigenvalue weighted by atomic mass is 14.8. The molecule has 3 rings (SSSR count). The second-order valence-corrected chi connectivity index (χ2v) is 8.65. The fourth-order valence-corrected chi connectivity index (χ4v) is 4.97. The van der Waals surface area contributed by atoms with Gasteiger partial charge in [0.25, 0.3) is 0 Å². The number of hydrogen-bond donors (Lipinski definition) is 1. The van der Waals surface area contributed by atoms with Crippen molar-refractivity contribution in [1.82, 2.24) is 0 Å². The number of allylic oxidation sites excluding steroid dienone is 2. The number of fused-ring (bicyclic) bond motifs is 1. The molecule has 0 saturated heterocycles. The van der Waals surface area contributed by atoms with Crippen LogP contribution in [0.1, 0.15) is 94.2 Å². The van der Waals surface area contributed by atoms with Crippen molar-refractivity contribution in [1.29, 1.82) is 0 Å². The molecule has 25 heavy (non-hydrogen) atoms. The van der Waals surface area contributed by atoms with Crippen LogP contribution < -0.4 is 5.73 Å². The average molecular weight is 340 g/mol. The standard InChI is InChI=1S/C24H37N/c1-3-5-6-7-8-9-19-10-11-21-17-22(13-12-20(21)16-19)23-14-15-24(25,4-2)18-23/h3,5,12-13,17,19,23H,4,6-11,14-16,18,25H2,1-2H3/b5-3+/t19-,23-,24+/m0/s1. The normalized spacial score (nSPS) is 29.2. The Labute approximate surface area is 155 Å². The molecule has 1 saturated carbocycles. The van der Waals surface area contributed by atoms with Gasteiger partial charge in [0.2, 0.25) is 0 Å². The van der Waals surface area contributed by atoms with Crippen molar-refractivity contribution >= 4 is 0 Å². The summed E-state index contributed by atoms with van der Waals surface area (Å²) in [5.74, 6) is 1.60. The van der Waals surface area contributed by atoms with Crippen LogP contribution >= 0.6 is 0 Å². The average Bonchev–Trinajstić information content (AvgIpc) is 3.04. The maximum absolute atomic E-state index is 6.51. The van der Waals surface area contributed by atoms with Crippen molar-refractivity contribution in [2.75, 3.05) is 0 Å². The largest absolute Gasteiger partial charge is 0.325 e. The lowest BCUT2D eigenvalue weighted by Gasteiger charge is -2.26. The zero-order valence-corrected chi connectivity index (χ0v) is 16.4. The smallest absolute Gasteiger partial charge is 0.0157 e. The quantitative estimate of drug-likeness (QED) is 0.457.